The van der Waals surface area contributed by atoms with E-state index in [4.69, 9.17) is 0 Å². The molecule has 0 unspecified atom stereocenters. The first-order valence-corrected chi connectivity index (χ1v) is 12.6. The Kier molecular flexibility index (Phi) is 4.62. The van der Waals surface area contributed by atoms with Gasteiger partial charge in [-0.15, -0.1) is 0 Å². The summed E-state index contributed by atoms with van der Waals surface area (Å²) in [7, 11) is 0. The predicted molar refractivity (Wildman–Crippen MR) is 122 cm³/mol. The Labute approximate surface area is 190 Å². The molecular weight excluding hydrogens is 402 g/mol. The molecule has 172 valence electrons. The molecule has 6 heteroatoms. The molecule has 1 saturated heterocycles. The van der Waals surface area contributed by atoms with Crippen LogP contribution >= 0.6 is 0 Å². The maximum atomic E-state index is 14.0. The van der Waals surface area contributed by atoms with E-state index in [0.717, 1.165) is 50.6 Å². The highest BCUT2D eigenvalue weighted by Gasteiger charge is 2.61. The van der Waals surface area contributed by atoms with Gasteiger partial charge >= 0.3 is 0 Å². The number of rotatable bonds is 1. The molecule has 4 aliphatic carbocycles. The monoisotopic (exact) mass is 437 g/mol. The zero-order chi connectivity index (χ0) is 22.1. The summed E-state index contributed by atoms with van der Waals surface area (Å²) in [6.07, 6.45) is 8.50. The van der Waals surface area contributed by atoms with E-state index in [-0.39, 0.29) is 41.2 Å². The number of fused-ring (bicyclic) bond motifs is 4. The number of likely N-dealkylation sites (tertiary alicyclic amines) is 1. The van der Waals surface area contributed by atoms with E-state index in [9.17, 15) is 14.7 Å². The van der Waals surface area contributed by atoms with Crippen molar-refractivity contribution in [3.8, 4) is 0 Å². The van der Waals surface area contributed by atoms with Gasteiger partial charge in [-0.2, -0.15) is 0 Å². The van der Waals surface area contributed by atoms with Gasteiger partial charge in [0.2, 0.25) is 5.91 Å². The second kappa shape index (κ2) is 7.21. The number of nitrogens with one attached hydrogen (secondary N) is 2. The fraction of sp³-hybridized carbons (Fsp3) is 0.692. The highest BCUT2D eigenvalue weighted by atomic mass is 16.3. The van der Waals surface area contributed by atoms with E-state index >= 15 is 0 Å². The van der Waals surface area contributed by atoms with Crippen molar-refractivity contribution in [2.45, 2.75) is 82.5 Å². The van der Waals surface area contributed by atoms with Crippen LogP contribution in [0.2, 0.25) is 0 Å². The minimum atomic E-state index is -0.458. The quantitative estimate of drug-likeness (QED) is 0.628. The van der Waals surface area contributed by atoms with E-state index < -0.39 is 5.66 Å². The Morgan fingerprint density at radius 3 is 2.78 bits per heavy atom. The van der Waals surface area contributed by atoms with Crippen molar-refractivity contribution in [1.29, 1.82) is 0 Å². The summed E-state index contributed by atoms with van der Waals surface area (Å²) in [5, 5.41) is 17.6. The number of anilines is 1. The van der Waals surface area contributed by atoms with Crippen molar-refractivity contribution in [1.82, 2.24) is 10.2 Å². The largest absolute Gasteiger partial charge is 0.393 e. The second-order valence-electron chi connectivity index (χ2n) is 11.4. The first-order chi connectivity index (χ1) is 15.4. The molecule has 2 aliphatic heterocycles. The zero-order valence-electron chi connectivity index (χ0n) is 19.0. The van der Waals surface area contributed by atoms with Gasteiger partial charge in [0.25, 0.3) is 5.91 Å². The fourth-order valence-electron chi connectivity index (χ4n) is 7.93. The number of aliphatic hydroxyl groups excluding tert-OH is 1. The van der Waals surface area contributed by atoms with Gasteiger partial charge in [0.1, 0.15) is 5.66 Å². The maximum absolute atomic E-state index is 14.0. The molecule has 1 aromatic carbocycles. The lowest BCUT2D eigenvalue weighted by atomic mass is 9.51. The summed E-state index contributed by atoms with van der Waals surface area (Å²) in [6.45, 7) is 2.95. The molecule has 2 amide bonds. The summed E-state index contributed by atoms with van der Waals surface area (Å²) in [4.78, 5) is 29.1. The predicted octanol–water partition coefficient (Wildman–Crippen LogP) is 3.52. The number of aliphatic hydroxyl groups is 1. The van der Waals surface area contributed by atoms with Crippen LogP contribution < -0.4 is 10.6 Å². The van der Waals surface area contributed by atoms with Crippen LogP contribution in [0.4, 0.5) is 5.69 Å². The zero-order valence-corrected chi connectivity index (χ0v) is 19.0. The summed E-state index contributed by atoms with van der Waals surface area (Å²) in [6, 6.07) is 7.93. The van der Waals surface area contributed by atoms with Crippen molar-refractivity contribution in [3.63, 3.8) is 0 Å². The lowest BCUT2D eigenvalue weighted by Crippen LogP contribution is -2.70. The number of nitrogens with zero attached hydrogens (tertiary/aromatic N) is 1. The van der Waals surface area contributed by atoms with Gasteiger partial charge < -0.3 is 20.6 Å². The third-order valence-electron chi connectivity index (χ3n) is 9.59. The average Bonchev–Trinajstić information content (AvgIpc) is 2.79. The van der Waals surface area contributed by atoms with Crippen molar-refractivity contribution in [3.05, 3.63) is 29.8 Å². The molecule has 7 atom stereocenters. The molecule has 1 spiro atoms. The van der Waals surface area contributed by atoms with Crippen LogP contribution in [-0.4, -0.2) is 46.2 Å². The molecule has 7 rings (SSSR count). The summed E-state index contributed by atoms with van der Waals surface area (Å²) in [5.74, 6) is 0.790. The summed E-state index contributed by atoms with van der Waals surface area (Å²) in [5.41, 5.74) is 1.01. The van der Waals surface area contributed by atoms with Crippen LogP contribution in [-0.2, 0) is 4.79 Å². The Balaban J connectivity index is 1.26. The lowest BCUT2D eigenvalue weighted by molar-refractivity contribution is -0.160. The van der Waals surface area contributed by atoms with Gasteiger partial charge in [-0.05, 0) is 62.5 Å². The highest BCUT2D eigenvalue weighted by molar-refractivity contribution is 6.02. The van der Waals surface area contributed by atoms with Gasteiger partial charge in [0.15, 0.2) is 0 Å². The molecule has 5 fully saturated rings. The first kappa shape index (κ1) is 20.5. The second-order valence-corrected chi connectivity index (χ2v) is 11.4. The number of carbonyl (C=O) groups is 2. The van der Waals surface area contributed by atoms with E-state index in [1.54, 1.807) is 0 Å². The minimum Gasteiger partial charge on any atom is -0.393 e. The average molecular weight is 438 g/mol. The standard InChI is InChI=1S/C26H35N3O3/c1-25-12-10-16(26(15-25)27-20-8-4-2-6-17(20)23(31)28-26)14-19(25)24(32)29-13-11-22(30)18-7-3-5-9-21(18)29/h2,4,6,8,16,18-19,21-22,27,30H,3,5,7,9-15H2,1H3,(H,28,31)/t16-,18-,19+,21-,22-,25+,26-/m0/s1. The van der Waals surface area contributed by atoms with Crippen LogP contribution in [0.1, 0.15) is 75.1 Å². The van der Waals surface area contributed by atoms with Crippen molar-refractivity contribution >= 4 is 17.5 Å². The lowest BCUT2D eigenvalue weighted by Gasteiger charge is -2.61. The van der Waals surface area contributed by atoms with Crippen LogP contribution in [0, 0.1) is 23.2 Å². The smallest absolute Gasteiger partial charge is 0.255 e. The SMILES string of the molecule is C[C@]12CC[C@@H](C[C@@H]1C(=O)N1CC[C@H](O)[C@H]3CCCC[C@@H]31)[C@]1(C2)NC(=O)c2ccccc2N1. The molecule has 0 aromatic heterocycles. The van der Waals surface area contributed by atoms with Crippen LogP contribution in [0.25, 0.3) is 0 Å². The fourth-order valence-corrected chi connectivity index (χ4v) is 7.93. The summed E-state index contributed by atoms with van der Waals surface area (Å²) < 4.78 is 0. The van der Waals surface area contributed by atoms with E-state index in [0.29, 0.717) is 24.4 Å². The summed E-state index contributed by atoms with van der Waals surface area (Å²) >= 11 is 0. The molecule has 6 aliphatic rings. The maximum Gasteiger partial charge on any atom is 0.255 e. The van der Waals surface area contributed by atoms with Gasteiger partial charge in [-0.3, -0.25) is 9.59 Å². The van der Waals surface area contributed by atoms with Crippen LogP contribution in [0.5, 0.6) is 0 Å². The molecular formula is C26H35N3O3. The molecule has 0 radical (unpaired) electrons. The Morgan fingerprint density at radius 1 is 1.12 bits per heavy atom. The van der Waals surface area contributed by atoms with Crippen molar-refractivity contribution in [2.24, 2.45) is 23.2 Å². The van der Waals surface area contributed by atoms with Crippen molar-refractivity contribution in [2.75, 3.05) is 11.9 Å². The highest BCUT2D eigenvalue weighted by Crippen LogP contribution is 2.59. The van der Waals surface area contributed by atoms with Gasteiger partial charge in [0.05, 0.1) is 11.7 Å². The number of amides is 2. The van der Waals surface area contributed by atoms with Gasteiger partial charge in [-0.1, -0.05) is 31.9 Å². The topological polar surface area (TPSA) is 81.7 Å². The molecule has 32 heavy (non-hydrogen) atoms. The van der Waals surface area contributed by atoms with Gasteiger partial charge in [-0.25, -0.2) is 0 Å². The van der Waals surface area contributed by atoms with Crippen LogP contribution in [0.3, 0.4) is 0 Å². The Bertz CT molecular complexity index is 950. The van der Waals surface area contributed by atoms with E-state index in [1.807, 2.05) is 24.3 Å². The Morgan fingerprint density at radius 2 is 1.94 bits per heavy atom. The number of carbonyl (C=O) groups excluding carboxylic acids is 2. The van der Waals surface area contributed by atoms with Gasteiger partial charge in [0, 0.05) is 36.0 Å². The number of benzene rings is 1. The number of hydrogen-bond donors (Lipinski definition) is 3. The minimum absolute atomic E-state index is 0.000525. The van der Waals surface area contributed by atoms with Crippen molar-refractivity contribution < 1.29 is 14.7 Å². The molecule has 2 bridgehead atoms. The third-order valence-corrected chi connectivity index (χ3v) is 9.59. The third kappa shape index (κ3) is 2.94. The number of para-hydroxylation sites is 1. The molecule has 6 nitrogen and oxygen atoms in total. The number of piperidine rings is 1. The Hall–Kier alpha value is -2.08. The normalized spacial score (nSPS) is 42.6. The molecule has 1 aromatic rings. The molecule has 3 N–H and O–H groups in total. The molecule has 2 heterocycles. The van der Waals surface area contributed by atoms with E-state index in [1.165, 1.54) is 6.42 Å². The van der Waals surface area contributed by atoms with E-state index in [2.05, 4.69) is 22.5 Å². The van der Waals surface area contributed by atoms with Crippen LogP contribution in [0.15, 0.2) is 24.3 Å². The first-order valence-electron chi connectivity index (χ1n) is 12.6. The number of hydrogen-bond acceptors (Lipinski definition) is 4. The molecule has 4 saturated carbocycles.